The summed E-state index contributed by atoms with van der Waals surface area (Å²) < 4.78 is 0. The van der Waals surface area contributed by atoms with E-state index < -0.39 is 0 Å². The summed E-state index contributed by atoms with van der Waals surface area (Å²) in [5, 5.41) is 8.46. The van der Waals surface area contributed by atoms with Crippen molar-refractivity contribution in [2.45, 2.75) is 0 Å². The third-order valence-corrected chi connectivity index (χ3v) is 1.26. The summed E-state index contributed by atoms with van der Waals surface area (Å²) in [6.07, 6.45) is 0. The summed E-state index contributed by atoms with van der Waals surface area (Å²) in [7, 11) is 0. The van der Waals surface area contributed by atoms with Crippen LogP contribution in [-0.2, 0) is 0 Å². The molecule has 50 valence electrons. The van der Waals surface area contributed by atoms with E-state index in [1.165, 1.54) is 0 Å². The minimum Gasteiger partial charge on any atom is -0.397 e. The molecule has 1 rings (SSSR count). The first-order valence-electron chi connectivity index (χ1n) is 2.79. The van der Waals surface area contributed by atoms with Crippen LogP contribution in [0.3, 0.4) is 0 Å². The van der Waals surface area contributed by atoms with Crippen molar-refractivity contribution >= 4 is 11.4 Å². The predicted octanol–water partition coefficient (Wildman–Crippen LogP) is 0.723. The van der Waals surface area contributed by atoms with Crippen LogP contribution >= 0.6 is 0 Å². The van der Waals surface area contributed by atoms with Crippen LogP contribution in [0.15, 0.2) is 18.2 Å². The van der Waals surface area contributed by atoms with Gasteiger partial charge in [-0.15, -0.1) is 0 Å². The van der Waals surface area contributed by atoms with Crippen molar-refractivity contribution in [3.8, 4) is 6.07 Å². The van der Waals surface area contributed by atoms with Gasteiger partial charge in [-0.25, -0.2) is 0 Å². The largest absolute Gasteiger partial charge is 0.397 e. The quantitative estimate of drug-likeness (QED) is 0.512. The van der Waals surface area contributed by atoms with E-state index in [-0.39, 0.29) is 0 Å². The van der Waals surface area contributed by atoms with Crippen molar-refractivity contribution < 1.29 is 0 Å². The topological polar surface area (TPSA) is 75.8 Å². The van der Waals surface area contributed by atoms with Gasteiger partial charge in [0.2, 0.25) is 0 Å². The zero-order valence-corrected chi connectivity index (χ0v) is 5.33. The number of hydrogen-bond acceptors (Lipinski definition) is 3. The Bertz CT molecular complexity index is 285. The monoisotopic (exact) mass is 133 g/mol. The number of nitrogens with two attached hydrogens (primary N) is 2. The van der Waals surface area contributed by atoms with E-state index in [9.17, 15) is 0 Å². The van der Waals surface area contributed by atoms with Crippen molar-refractivity contribution in [2.24, 2.45) is 0 Å². The smallest absolute Gasteiger partial charge is 0.101 e. The zero-order valence-electron chi connectivity index (χ0n) is 5.33. The van der Waals surface area contributed by atoms with Gasteiger partial charge in [0.25, 0.3) is 0 Å². The Morgan fingerprint density at radius 1 is 1.30 bits per heavy atom. The predicted molar refractivity (Wildman–Crippen MR) is 40.0 cm³/mol. The second-order valence-electron chi connectivity index (χ2n) is 1.92. The van der Waals surface area contributed by atoms with Crippen molar-refractivity contribution in [2.75, 3.05) is 11.5 Å². The summed E-state index contributed by atoms with van der Waals surface area (Å²) >= 11 is 0. The third kappa shape index (κ3) is 0.869. The Morgan fingerprint density at radius 2 is 2.00 bits per heavy atom. The molecule has 0 aliphatic rings. The number of anilines is 2. The van der Waals surface area contributed by atoms with Crippen LogP contribution in [0.5, 0.6) is 0 Å². The first-order chi connectivity index (χ1) is 4.75. The average Bonchev–Trinajstić information content (AvgIpc) is 1.95. The van der Waals surface area contributed by atoms with Crippen molar-refractivity contribution in [3.05, 3.63) is 23.8 Å². The molecule has 0 spiro atoms. The van der Waals surface area contributed by atoms with Gasteiger partial charge in [-0.05, 0) is 12.1 Å². The molecule has 1 aromatic rings. The molecule has 0 saturated carbocycles. The number of hydrogen-bond donors (Lipinski definition) is 2. The Balaban J connectivity index is 3.31. The summed E-state index contributed by atoms with van der Waals surface area (Å²) in [6, 6.07) is 6.92. The SMILES string of the molecule is N#Cc1cccc(N)c1N. The van der Waals surface area contributed by atoms with Gasteiger partial charge in [-0.1, -0.05) is 6.07 Å². The molecule has 0 atom stereocenters. The van der Waals surface area contributed by atoms with Crippen LogP contribution in [0, 0.1) is 11.3 Å². The molecule has 0 unspecified atom stereocenters. The van der Waals surface area contributed by atoms with Gasteiger partial charge in [0.05, 0.1) is 16.9 Å². The minimum atomic E-state index is 0.366. The number of benzene rings is 1. The Morgan fingerprint density at radius 3 is 2.50 bits per heavy atom. The highest BCUT2D eigenvalue weighted by Crippen LogP contribution is 2.17. The molecule has 4 N–H and O–H groups in total. The molecular weight excluding hydrogens is 126 g/mol. The molecular formula is C7H7N3. The lowest BCUT2D eigenvalue weighted by Crippen LogP contribution is -1.96. The highest BCUT2D eigenvalue weighted by atomic mass is 14.7. The molecule has 0 aliphatic heterocycles. The maximum Gasteiger partial charge on any atom is 0.101 e. The van der Waals surface area contributed by atoms with Gasteiger partial charge in [0.15, 0.2) is 0 Å². The standard InChI is InChI=1S/C7H7N3/c8-4-5-2-1-3-6(9)7(5)10/h1-3H,9-10H2. The summed E-state index contributed by atoms with van der Waals surface area (Å²) in [4.78, 5) is 0. The fourth-order valence-electron chi connectivity index (χ4n) is 0.681. The normalized spacial score (nSPS) is 8.70. The van der Waals surface area contributed by atoms with Crippen molar-refractivity contribution in [1.29, 1.82) is 5.26 Å². The highest BCUT2D eigenvalue weighted by Gasteiger charge is 1.98. The summed E-state index contributed by atoms with van der Waals surface area (Å²) in [6.45, 7) is 0. The van der Waals surface area contributed by atoms with E-state index in [1.807, 2.05) is 6.07 Å². The lowest BCUT2D eigenvalue weighted by molar-refractivity contribution is 1.48. The van der Waals surface area contributed by atoms with Gasteiger partial charge in [-0.2, -0.15) is 5.26 Å². The van der Waals surface area contributed by atoms with Gasteiger partial charge in [0, 0.05) is 0 Å². The van der Waals surface area contributed by atoms with Gasteiger partial charge in [-0.3, -0.25) is 0 Å². The van der Waals surface area contributed by atoms with E-state index in [0.29, 0.717) is 16.9 Å². The molecule has 0 aliphatic carbocycles. The molecule has 3 heteroatoms. The number of para-hydroxylation sites is 1. The Kier molecular flexibility index (Phi) is 1.46. The Hall–Kier alpha value is -1.69. The van der Waals surface area contributed by atoms with Crippen LogP contribution in [0.4, 0.5) is 11.4 Å². The number of nitriles is 1. The van der Waals surface area contributed by atoms with Crippen molar-refractivity contribution in [3.63, 3.8) is 0 Å². The van der Waals surface area contributed by atoms with E-state index in [1.54, 1.807) is 18.2 Å². The summed E-state index contributed by atoms with van der Waals surface area (Å²) in [5.41, 5.74) is 12.1. The lowest BCUT2D eigenvalue weighted by Gasteiger charge is -1.98. The molecule has 0 fully saturated rings. The molecule has 10 heavy (non-hydrogen) atoms. The fraction of sp³-hybridized carbons (Fsp3) is 0. The summed E-state index contributed by atoms with van der Waals surface area (Å²) in [5.74, 6) is 0. The molecule has 1 aromatic carbocycles. The maximum absolute atomic E-state index is 8.46. The van der Waals surface area contributed by atoms with Gasteiger partial charge < -0.3 is 11.5 Å². The lowest BCUT2D eigenvalue weighted by atomic mass is 10.2. The first kappa shape index (κ1) is 6.43. The van der Waals surface area contributed by atoms with Crippen LogP contribution in [0.2, 0.25) is 0 Å². The molecule has 0 aromatic heterocycles. The molecule has 0 saturated heterocycles. The molecule has 0 bridgehead atoms. The molecule has 0 amide bonds. The second-order valence-corrected chi connectivity index (χ2v) is 1.92. The molecule has 3 nitrogen and oxygen atoms in total. The van der Waals surface area contributed by atoms with E-state index >= 15 is 0 Å². The van der Waals surface area contributed by atoms with Crippen LogP contribution < -0.4 is 11.5 Å². The first-order valence-corrected chi connectivity index (χ1v) is 2.79. The minimum absolute atomic E-state index is 0.366. The number of nitrogens with zero attached hydrogens (tertiary/aromatic N) is 1. The van der Waals surface area contributed by atoms with E-state index in [2.05, 4.69) is 0 Å². The van der Waals surface area contributed by atoms with E-state index in [4.69, 9.17) is 16.7 Å². The molecule has 0 heterocycles. The fourth-order valence-corrected chi connectivity index (χ4v) is 0.681. The Labute approximate surface area is 58.9 Å². The second kappa shape index (κ2) is 2.28. The van der Waals surface area contributed by atoms with Gasteiger partial charge >= 0.3 is 0 Å². The van der Waals surface area contributed by atoms with Crippen LogP contribution in [0.1, 0.15) is 5.56 Å². The maximum atomic E-state index is 8.46. The van der Waals surface area contributed by atoms with E-state index in [0.717, 1.165) is 0 Å². The third-order valence-electron chi connectivity index (χ3n) is 1.26. The van der Waals surface area contributed by atoms with Crippen molar-refractivity contribution in [1.82, 2.24) is 0 Å². The van der Waals surface area contributed by atoms with Gasteiger partial charge in [0.1, 0.15) is 6.07 Å². The number of nitrogen functional groups attached to an aromatic ring is 2. The van der Waals surface area contributed by atoms with Crippen LogP contribution in [-0.4, -0.2) is 0 Å². The zero-order chi connectivity index (χ0) is 7.56. The van der Waals surface area contributed by atoms with Crippen LogP contribution in [0.25, 0.3) is 0 Å². The highest BCUT2D eigenvalue weighted by molar-refractivity contribution is 5.70. The molecule has 0 radical (unpaired) electrons. The average molecular weight is 133 g/mol. The number of rotatable bonds is 0.